The average Bonchev–Trinajstić information content (AvgIpc) is 2.47. The Bertz CT molecular complexity index is 530. The van der Waals surface area contributed by atoms with Crippen LogP contribution in [0.1, 0.15) is 26.2 Å². The number of piperidine rings is 1. The van der Waals surface area contributed by atoms with Gasteiger partial charge >= 0.3 is 6.03 Å². The fourth-order valence-electron chi connectivity index (χ4n) is 2.72. The molecule has 2 atom stereocenters. The highest BCUT2D eigenvalue weighted by molar-refractivity contribution is 7.84. The fraction of sp³-hybridized carbons (Fsp3) is 0.562. The Hall–Kier alpha value is -1.56. The molecule has 6 heteroatoms. The summed E-state index contributed by atoms with van der Waals surface area (Å²) in [4.78, 5) is 14.3. The van der Waals surface area contributed by atoms with Crippen molar-refractivity contribution in [1.82, 2.24) is 5.32 Å². The van der Waals surface area contributed by atoms with Crippen molar-refractivity contribution in [3.63, 3.8) is 0 Å². The van der Waals surface area contributed by atoms with Crippen LogP contribution in [0.15, 0.2) is 24.3 Å². The van der Waals surface area contributed by atoms with Crippen LogP contribution in [-0.2, 0) is 10.8 Å². The molecule has 22 heavy (non-hydrogen) atoms. The predicted molar refractivity (Wildman–Crippen MR) is 93.1 cm³/mol. The Kier molecular flexibility index (Phi) is 6.24. The molecule has 2 N–H and O–H groups in total. The molecular formula is C16H25N3O2S. The number of amides is 2. The van der Waals surface area contributed by atoms with Crippen molar-refractivity contribution in [1.29, 1.82) is 0 Å². The Balaban J connectivity index is 1.92. The predicted octanol–water partition coefficient (Wildman–Crippen LogP) is 2.57. The number of hydrogen-bond acceptors (Lipinski definition) is 3. The van der Waals surface area contributed by atoms with Crippen molar-refractivity contribution in [2.75, 3.05) is 35.3 Å². The first-order valence-electron chi connectivity index (χ1n) is 7.77. The van der Waals surface area contributed by atoms with Crippen LogP contribution in [0, 0.1) is 0 Å². The van der Waals surface area contributed by atoms with Crippen LogP contribution in [0.3, 0.4) is 0 Å². The molecule has 1 aliphatic heterocycles. The maximum absolute atomic E-state index is 12.0. The molecule has 1 aliphatic rings. The molecule has 0 bridgehead atoms. The third-order valence-electron chi connectivity index (χ3n) is 3.69. The number of carbonyl (C=O) groups excluding carboxylic acids is 1. The standard InChI is InChI=1S/C16H25N3O2S/c1-13(12-22(2)21)17-16(20)18-14-7-6-8-15(11-14)19-9-4-3-5-10-19/h6-8,11,13H,3-5,9-10,12H2,1-2H3,(H2,17,18,20)/t13-,22+/m0/s1. The number of anilines is 2. The Morgan fingerprint density at radius 2 is 2.05 bits per heavy atom. The minimum atomic E-state index is -0.915. The monoisotopic (exact) mass is 323 g/mol. The van der Waals surface area contributed by atoms with Gasteiger partial charge in [0.15, 0.2) is 0 Å². The van der Waals surface area contributed by atoms with Gasteiger partial charge < -0.3 is 15.5 Å². The first kappa shape index (κ1) is 16.8. The molecule has 0 spiro atoms. The average molecular weight is 323 g/mol. The molecule has 1 aromatic carbocycles. The zero-order valence-corrected chi connectivity index (χ0v) is 14.1. The SMILES string of the molecule is C[C@@H](C[S@@](C)=O)NC(=O)Nc1cccc(N2CCCCC2)c1. The largest absolute Gasteiger partial charge is 0.371 e. The molecule has 1 saturated heterocycles. The van der Waals surface area contributed by atoms with Crippen molar-refractivity contribution in [3.05, 3.63) is 24.3 Å². The quantitative estimate of drug-likeness (QED) is 0.875. The van der Waals surface area contributed by atoms with Crippen LogP contribution < -0.4 is 15.5 Å². The third-order valence-corrected chi connectivity index (χ3v) is 4.66. The van der Waals surface area contributed by atoms with Crippen molar-refractivity contribution in [3.8, 4) is 0 Å². The molecule has 0 aromatic heterocycles. The Labute approximate surface area is 134 Å². The van der Waals surface area contributed by atoms with Crippen LogP contribution in [0.25, 0.3) is 0 Å². The molecule has 1 fully saturated rings. The normalized spacial score (nSPS) is 17.6. The minimum Gasteiger partial charge on any atom is -0.371 e. The van der Waals surface area contributed by atoms with E-state index in [9.17, 15) is 9.00 Å². The zero-order chi connectivity index (χ0) is 15.9. The smallest absolute Gasteiger partial charge is 0.319 e. The Morgan fingerprint density at radius 1 is 1.32 bits per heavy atom. The molecule has 2 amide bonds. The second-order valence-corrected chi connectivity index (χ2v) is 7.32. The molecule has 122 valence electrons. The number of benzene rings is 1. The van der Waals surface area contributed by atoms with Crippen molar-refractivity contribution < 1.29 is 9.00 Å². The van der Waals surface area contributed by atoms with E-state index in [1.807, 2.05) is 25.1 Å². The maximum atomic E-state index is 12.0. The summed E-state index contributed by atoms with van der Waals surface area (Å²) in [7, 11) is -0.915. The van der Waals surface area contributed by atoms with Gasteiger partial charge in [-0.15, -0.1) is 0 Å². The van der Waals surface area contributed by atoms with E-state index in [0.29, 0.717) is 5.75 Å². The molecule has 0 unspecified atom stereocenters. The summed E-state index contributed by atoms with van der Waals surface area (Å²) in [5.41, 5.74) is 1.94. The highest BCUT2D eigenvalue weighted by Gasteiger charge is 2.12. The first-order valence-corrected chi connectivity index (χ1v) is 9.50. The van der Waals surface area contributed by atoms with Gasteiger partial charge in [-0.05, 0) is 44.4 Å². The number of rotatable bonds is 5. The number of urea groups is 1. The molecule has 0 radical (unpaired) electrons. The molecule has 5 nitrogen and oxygen atoms in total. The van der Waals surface area contributed by atoms with Gasteiger partial charge in [-0.1, -0.05) is 6.07 Å². The summed E-state index contributed by atoms with van der Waals surface area (Å²) in [5.74, 6) is 0.460. The van der Waals surface area contributed by atoms with E-state index in [2.05, 4.69) is 21.6 Å². The van der Waals surface area contributed by atoms with Gasteiger partial charge in [0, 0.05) is 53.3 Å². The van der Waals surface area contributed by atoms with E-state index in [1.165, 1.54) is 19.3 Å². The molecule has 1 heterocycles. The lowest BCUT2D eigenvalue weighted by Crippen LogP contribution is -2.39. The van der Waals surface area contributed by atoms with E-state index < -0.39 is 10.8 Å². The van der Waals surface area contributed by atoms with Gasteiger partial charge in [0.2, 0.25) is 0 Å². The van der Waals surface area contributed by atoms with Crippen LogP contribution >= 0.6 is 0 Å². The number of carbonyl (C=O) groups is 1. The number of nitrogens with one attached hydrogen (secondary N) is 2. The van der Waals surface area contributed by atoms with E-state index in [0.717, 1.165) is 24.5 Å². The van der Waals surface area contributed by atoms with Gasteiger partial charge in [0.1, 0.15) is 0 Å². The van der Waals surface area contributed by atoms with Gasteiger partial charge in [-0.3, -0.25) is 4.21 Å². The van der Waals surface area contributed by atoms with Crippen molar-refractivity contribution >= 4 is 28.2 Å². The topological polar surface area (TPSA) is 61.4 Å². The lowest BCUT2D eigenvalue weighted by Gasteiger charge is -2.29. The summed E-state index contributed by atoms with van der Waals surface area (Å²) >= 11 is 0. The molecule has 0 aliphatic carbocycles. The summed E-state index contributed by atoms with van der Waals surface area (Å²) in [6.07, 6.45) is 5.39. The second-order valence-electron chi connectivity index (χ2n) is 5.84. The lowest BCUT2D eigenvalue weighted by molar-refractivity contribution is 0.250. The third kappa shape index (κ3) is 5.33. The highest BCUT2D eigenvalue weighted by Crippen LogP contribution is 2.22. The molecule has 2 rings (SSSR count). The first-order chi connectivity index (χ1) is 10.5. The van der Waals surface area contributed by atoms with Gasteiger partial charge in [0.25, 0.3) is 0 Å². The van der Waals surface area contributed by atoms with Crippen LogP contribution in [0.4, 0.5) is 16.2 Å². The summed E-state index contributed by atoms with van der Waals surface area (Å²) < 4.78 is 11.1. The van der Waals surface area contributed by atoms with Crippen molar-refractivity contribution in [2.24, 2.45) is 0 Å². The number of hydrogen-bond donors (Lipinski definition) is 2. The molecular weight excluding hydrogens is 298 g/mol. The second kappa shape index (κ2) is 8.17. The zero-order valence-electron chi connectivity index (χ0n) is 13.3. The minimum absolute atomic E-state index is 0.115. The highest BCUT2D eigenvalue weighted by atomic mass is 32.2. The van der Waals surface area contributed by atoms with E-state index >= 15 is 0 Å². The van der Waals surface area contributed by atoms with E-state index in [4.69, 9.17) is 0 Å². The molecule has 1 aromatic rings. The van der Waals surface area contributed by atoms with Crippen LogP contribution in [0.5, 0.6) is 0 Å². The lowest BCUT2D eigenvalue weighted by atomic mass is 10.1. The van der Waals surface area contributed by atoms with E-state index in [-0.39, 0.29) is 12.1 Å². The summed E-state index contributed by atoms with van der Waals surface area (Å²) in [5, 5.41) is 5.65. The summed E-state index contributed by atoms with van der Waals surface area (Å²) in [6, 6.07) is 7.56. The molecule has 0 saturated carbocycles. The van der Waals surface area contributed by atoms with Gasteiger partial charge in [0.05, 0.1) is 0 Å². The Morgan fingerprint density at radius 3 is 2.73 bits per heavy atom. The maximum Gasteiger partial charge on any atom is 0.319 e. The number of nitrogens with zero attached hydrogens (tertiary/aromatic N) is 1. The van der Waals surface area contributed by atoms with Gasteiger partial charge in [-0.2, -0.15) is 0 Å². The van der Waals surface area contributed by atoms with Crippen molar-refractivity contribution in [2.45, 2.75) is 32.2 Å². The van der Waals surface area contributed by atoms with Crippen LogP contribution in [-0.4, -0.2) is 41.4 Å². The van der Waals surface area contributed by atoms with E-state index in [1.54, 1.807) is 6.26 Å². The fourth-order valence-corrected chi connectivity index (χ4v) is 3.50. The summed E-state index contributed by atoms with van der Waals surface area (Å²) in [6.45, 7) is 4.01. The van der Waals surface area contributed by atoms with Crippen LogP contribution in [0.2, 0.25) is 0 Å². The van der Waals surface area contributed by atoms with Gasteiger partial charge in [-0.25, -0.2) is 4.79 Å².